The molecule has 1 aromatic carbocycles. The van der Waals surface area contributed by atoms with Crippen molar-refractivity contribution in [2.24, 2.45) is 0 Å². The molecule has 0 N–H and O–H groups in total. The van der Waals surface area contributed by atoms with Crippen LogP contribution in [-0.4, -0.2) is 0 Å². The normalized spacial score (nSPS) is 18.7. The molecular weight excluding hydrogens is 288 g/mol. The van der Waals surface area contributed by atoms with Gasteiger partial charge in [0.2, 0.25) is 0 Å². The molecular formula is C20H20Ti. The molecule has 0 unspecified atom stereocenters. The van der Waals surface area contributed by atoms with E-state index in [4.69, 9.17) is 0 Å². The van der Waals surface area contributed by atoms with E-state index in [1.807, 2.05) is 18.2 Å². The van der Waals surface area contributed by atoms with Crippen LogP contribution in [0.15, 0.2) is 30.3 Å². The fraction of sp³-hybridized carbons (Fsp3) is 0.100. The van der Waals surface area contributed by atoms with Crippen LogP contribution in [0.25, 0.3) is 0 Å². The van der Waals surface area contributed by atoms with Gasteiger partial charge in [0, 0.05) is 0 Å². The van der Waals surface area contributed by atoms with E-state index in [9.17, 15) is 0 Å². The second-order valence-corrected chi connectivity index (χ2v) is 4.67. The maximum atomic E-state index is 3.73. The van der Waals surface area contributed by atoms with Gasteiger partial charge in [-0.2, -0.15) is 17.7 Å². The average Bonchev–Trinajstić information content (AvgIpc) is 3.15. The summed E-state index contributed by atoms with van der Waals surface area (Å²) in [5.41, 5.74) is 1.26. The second-order valence-electron chi connectivity index (χ2n) is 4.67. The summed E-state index contributed by atoms with van der Waals surface area (Å²) in [6.07, 6.45) is 21.0. The zero-order valence-electron chi connectivity index (χ0n) is 12.2. The molecule has 0 nitrogen and oxygen atoms in total. The Morgan fingerprint density at radius 1 is 0.762 bits per heavy atom. The Balaban J connectivity index is 0.000000205. The van der Waals surface area contributed by atoms with Crippen molar-refractivity contribution in [3.63, 3.8) is 0 Å². The third-order valence-corrected chi connectivity index (χ3v) is 3.05. The van der Waals surface area contributed by atoms with Crippen LogP contribution >= 0.6 is 0 Å². The van der Waals surface area contributed by atoms with Crippen LogP contribution < -0.4 is 0 Å². The van der Waals surface area contributed by atoms with Crippen molar-refractivity contribution in [3.05, 3.63) is 112 Å². The van der Waals surface area contributed by atoms with E-state index in [1.54, 1.807) is 0 Å². The van der Waals surface area contributed by atoms with E-state index in [2.05, 4.69) is 76.8 Å². The van der Waals surface area contributed by atoms with Crippen LogP contribution in [0.1, 0.15) is 18.4 Å². The molecule has 1 heteroatoms. The zero-order valence-corrected chi connectivity index (χ0v) is 13.8. The Labute approximate surface area is 147 Å². The molecule has 0 heterocycles. The molecule has 3 rings (SSSR count). The molecule has 0 atom stereocenters. The maximum absolute atomic E-state index is 3.73. The van der Waals surface area contributed by atoms with Gasteiger partial charge >= 0.3 is 21.7 Å². The first-order valence-corrected chi connectivity index (χ1v) is 6.97. The number of benzene rings is 1. The van der Waals surface area contributed by atoms with E-state index in [0.29, 0.717) is 0 Å². The minimum atomic E-state index is 0. The van der Waals surface area contributed by atoms with Gasteiger partial charge in [0.15, 0.2) is 0 Å². The molecule has 0 amide bonds. The second kappa shape index (κ2) is 11.4. The summed E-state index contributed by atoms with van der Waals surface area (Å²) in [7, 11) is 0. The first-order valence-electron chi connectivity index (χ1n) is 6.97. The van der Waals surface area contributed by atoms with Crippen molar-refractivity contribution in [2.75, 3.05) is 0 Å². The molecule has 1 aromatic rings. The minimum Gasteiger partial charge on any atom is -0.351 e. The molecule has 21 heavy (non-hydrogen) atoms. The van der Waals surface area contributed by atoms with Gasteiger partial charge in [0.1, 0.15) is 0 Å². The summed E-state index contributed by atoms with van der Waals surface area (Å²) in [6, 6.07) is 10.2. The molecule has 0 saturated heterocycles. The summed E-state index contributed by atoms with van der Waals surface area (Å²) >= 11 is 0. The van der Waals surface area contributed by atoms with Crippen molar-refractivity contribution in [1.29, 1.82) is 0 Å². The minimum absolute atomic E-state index is 0. The molecule has 0 aliphatic heterocycles. The van der Waals surface area contributed by atoms with Crippen LogP contribution in [-0.2, 0) is 21.7 Å². The fourth-order valence-electron chi connectivity index (χ4n) is 2.05. The summed E-state index contributed by atoms with van der Waals surface area (Å²) in [5, 5.41) is 0. The Morgan fingerprint density at radius 3 is 1.67 bits per heavy atom. The SMILES string of the molecule is [CH2-]C[CH-]c1ccccc1.[CH]1[CH][CH][C](C[C]2[CH][CH][CH][CH]2)[CH]1.[Ti+2]. The van der Waals surface area contributed by atoms with Gasteiger partial charge in [0.25, 0.3) is 0 Å². The predicted octanol–water partition coefficient (Wildman–Crippen LogP) is 4.65. The Hall–Kier alpha value is -0.196. The van der Waals surface area contributed by atoms with Crippen molar-refractivity contribution in [3.8, 4) is 0 Å². The standard InChI is InChI=1S/C11H10.C9H10.Ti/c1-2-6-10(5-1)9-11-7-3-4-8-11;1-2-6-9-7-4-3-5-8-9;/h1-8H,9H2;3-8H,1-2H2;/q;-2;+2. The fourth-order valence-corrected chi connectivity index (χ4v) is 2.05. The van der Waals surface area contributed by atoms with Gasteiger partial charge < -0.3 is 6.92 Å². The van der Waals surface area contributed by atoms with Crippen LogP contribution in [0.4, 0.5) is 0 Å². The van der Waals surface area contributed by atoms with E-state index in [1.165, 1.54) is 17.4 Å². The van der Waals surface area contributed by atoms with E-state index in [0.717, 1.165) is 12.8 Å². The van der Waals surface area contributed by atoms with Crippen LogP contribution in [0.5, 0.6) is 0 Å². The van der Waals surface area contributed by atoms with Crippen LogP contribution in [0.3, 0.4) is 0 Å². The molecule has 104 valence electrons. The van der Waals surface area contributed by atoms with Gasteiger partial charge in [-0.25, -0.2) is 12.8 Å². The van der Waals surface area contributed by atoms with Gasteiger partial charge in [-0.3, -0.25) is 0 Å². The van der Waals surface area contributed by atoms with Crippen LogP contribution in [0, 0.1) is 76.5 Å². The summed E-state index contributed by atoms with van der Waals surface area (Å²) in [4.78, 5) is 0. The molecule has 2 aliphatic rings. The Kier molecular flexibility index (Phi) is 10.2. The molecule has 0 spiro atoms. The third kappa shape index (κ3) is 7.57. The van der Waals surface area contributed by atoms with Gasteiger partial charge in [-0.15, -0.1) is 12.1 Å². The Bertz CT molecular complexity index is 320. The predicted molar refractivity (Wildman–Crippen MR) is 85.3 cm³/mol. The van der Waals surface area contributed by atoms with Crippen molar-refractivity contribution in [2.45, 2.75) is 12.8 Å². The quantitative estimate of drug-likeness (QED) is 0.561. The van der Waals surface area contributed by atoms with Gasteiger partial charge in [-0.05, 0) is 69.6 Å². The summed E-state index contributed by atoms with van der Waals surface area (Å²) < 4.78 is 0. The monoisotopic (exact) mass is 308 g/mol. The average molecular weight is 308 g/mol. The molecule has 2 fully saturated rings. The summed E-state index contributed by atoms with van der Waals surface area (Å²) in [5.74, 6) is 2.80. The molecule has 2 saturated carbocycles. The first-order chi connectivity index (χ1) is 9.88. The molecule has 0 aromatic heterocycles. The zero-order chi connectivity index (χ0) is 14.0. The van der Waals surface area contributed by atoms with E-state index >= 15 is 0 Å². The van der Waals surface area contributed by atoms with Crippen molar-refractivity contribution in [1.82, 2.24) is 0 Å². The van der Waals surface area contributed by atoms with E-state index in [-0.39, 0.29) is 21.7 Å². The smallest absolute Gasteiger partial charge is 0.351 e. The molecule has 2 aliphatic carbocycles. The topological polar surface area (TPSA) is 0 Å². The molecule has 0 bridgehead atoms. The number of hydrogen-bond acceptors (Lipinski definition) is 0. The van der Waals surface area contributed by atoms with E-state index < -0.39 is 0 Å². The number of hydrogen-bond donors (Lipinski definition) is 0. The maximum Gasteiger partial charge on any atom is 2.00 e. The summed E-state index contributed by atoms with van der Waals surface area (Å²) in [6.45, 7) is 3.73. The molecule has 10 radical (unpaired) electrons. The van der Waals surface area contributed by atoms with Gasteiger partial charge in [0.05, 0.1) is 0 Å². The third-order valence-electron chi connectivity index (χ3n) is 3.05. The van der Waals surface area contributed by atoms with Crippen molar-refractivity contribution < 1.29 is 21.7 Å². The Morgan fingerprint density at radius 2 is 1.24 bits per heavy atom. The van der Waals surface area contributed by atoms with Crippen molar-refractivity contribution >= 4 is 0 Å². The largest absolute Gasteiger partial charge is 2.00 e. The number of rotatable bonds is 4. The van der Waals surface area contributed by atoms with Crippen LogP contribution in [0.2, 0.25) is 0 Å². The first kappa shape index (κ1) is 18.9. The van der Waals surface area contributed by atoms with Gasteiger partial charge in [-0.1, -0.05) is 6.07 Å².